The molecule has 0 radical (unpaired) electrons. The molecule has 4 aromatic carbocycles. The number of aromatic nitrogens is 1. The first kappa shape index (κ1) is 26.5. The van der Waals surface area contributed by atoms with Crippen LogP contribution < -0.4 is 14.8 Å². The van der Waals surface area contributed by atoms with Crippen molar-refractivity contribution in [3.8, 4) is 17.0 Å². The Balaban J connectivity index is 1.48. The molecule has 0 bridgehead atoms. The van der Waals surface area contributed by atoms with Crippen LogP contribution >= 0.6 is 23.2 Å². The van der Waals surface area contributed by atoms with E-state index in [1.54, 1.807) is 25.3 Å². The van der Waals surface area contributed by atoms with Crippen molar-refractivity contribution in [3.63, 3.8) is 0 Å². The zero-order valence-electron chi connectivity index (χ0n) is 20.5. The van der Waals surface area contributed by atoms with E-state index in [1.165, 1.54) is 30.3 Å². The number of fused-ring (bicyclic) bond motifs is 1. The first-order valence-corrected chi connectivity index (χ1v) is 13.9. The number of benzene rings is 4. The standard InChI is InChI=1S/C29H21Cl2N3O4S/c1-38-22-13-6-18(7-14-22)27-17-24(23-4-2-3-5-26(23)33-27)29(35)32-21-12-15-25(31)28(16-21)39(36,37)34-20-10-8-19(30)9-11-20/h2-17,34H,1H3,(H,32,35). The molecule has 7 nitrogen and oxygen atoms in total. The number of methoxy groups -OCH3 is 1. The average Bonchev–Trinajstić information content (AvgIpc) is 2.94. The molecule has 0 aliphatic heterocycles. The molecule has 2 N–H and O–H groups in total. The van der Waals surface area contributed by atoms with Gasteiger partial charge in [-0.15, -0.1) is 0 Å². The van der Waals surface area contributed by atoms with Crippen molar-refractivity contribution in [3.05, 3.63) is 113 Å². The van der Waals surface area contributed by atoms with E-state index in [9.17, 15) is 13.2 Å². The highest BCUT2D eigenvalue weighted by Gasteiger charge is 2.20. The number of ether oxygens (including phenoxy) is 1. The quantitative estimate of drug-likeness (QED) is 0.212. The third-order valence-electron chi connectivity index (χ3n) is 5.92. The van der Waals surface area contributed by atoms with Gasteiger partial charge in [-0.25, -0.2) is 13.4 Å². The molecule has 0 spiro atoms. The van der Waals surface area contributed by atoms with Crippen LogP contribution in [-0.4, -0.2) is 26.4 Å². The number of hydrogen-bond acceptors (Lipinski definition) is 5. The van der Waals surface area contributed by atoms with Crippen molar-refractivity contribution in [2.24, 2.45) is 0 Å². The number of nitrogens with zero attached hydrogens (tertiary/aromatic N) is 1. The van der Waals surface area contributed by atoms with Gasteiger partial charge < -0.3 is 10.1 Å². The van der Waals surface area contributed by atoms with Crippen LogP contribution in [0.5, 0.6) is 5.75 Å². The second-order valence-electron chi connectivity index (χ2n) is 8.51. The Kier molecular flexibility index (Phi) is 7.43. The second-order valence-corrected chi connectivity index (χ2v) is 11.0. The molecular weight excluding hydrogens is 557 g/mol. The topological polar surface area (TPSA) is 97.4 Å². The van der Waals surface area contributed by atoms with Gasteiger partial charge in [0, 0.05) is 27.3 Å². The summed E-state index contributed by atoms with van der Waals surface area (Å²) in [6, 6.07) is 26.8. The highest BCUT2D eigenvalue weighted by molar-refractivity contribution is 7.92. The zero-order chi connectivity index (χ0) is 27.6. The van der Waals surface area contributed by atoms with Crippen LogP contribution in [0.2, 0.25) is 10.0 Å². The maximum absolute atomic E-state index is 13.5. The molecule has 0 fully saturated rings. The van der Waals surface area contributed by atoms with E-state index < -0.39 is 15.9 Å². The first-order valence-electron chi connectivity index (χ1n) is 11.7. The molecular formula is C29H21Cl2N3O4S. The molecule has 0 aliphatic carbocycles. The van der Waals surface area contributed by atoms with Gasteiger partial charge >= 0.3 is 0 Å². The normalized spacial score (nSPS) is 11.3. The number of sulfonamides is 1. The monoisotopic (exact) mass is 577 g/mol. The van der Waals surface area contributed by atoms with Crippen molar-refractivity contribution in [2.45, 2.75) is 4.90 Å². The first-order chi connectivity index (χ1) is 18.7. The molecule has 0 unspecified atom stereocenters. The fourth-order valence-electron chi connectivity index (χ4n) is 3.99. The summed E-state index contributed by atoms with van der Waals surface area (Å²) in [5.74, 6) is 0.274. The van der Waals surface area contributed by atoms with Gasteiger partial charge in [0.2, 0.25) is 0 Å². The predicted octanol–water partition coefficient (Wildman–Crippen LogP) is 7.27. The van der Waals surface area contributed by atoms with Crippen LogP contribution in [0.3, 0.4) is 0 Å². The van der Waals surface area contributed by atoms with Crippen LogP contribution in [0.1, 0.15) is 10.4 Å². The number of para-hydroxylation sites is 1. The van der Waals surface area contributed by atoms with Gasteiger partial charge in [-0.3, -0.25) is 9.52 Å². The van der Waals surface area contributed by atoms with E-state index >= 15 is 0 Å². The highest BCUT2D eigenvalue weighted by atomic mass is 35.5. The predicted molar refractivity (Wildman–Crippen MR) is 155 cm³/mol. The molecule has 1 amide bonds. The Morgan fingerprint density at radius 2 is 1.54 bits per heavy atom. The fourth-order valence-corrected chi connectivity index (χ4v) is 5.70. The van der Waals surface area contributed by atoms with Crippen molar-refractivity contribution in [2.75, 3.05) is 17.1 Å². The van der Waals surface area contributed by atoms with Gasteiger partial charge in [0.05, 0.1) is 28.9 Å². The Bertz CT molecular complexity index is 1790. The largest absolute Gasteiger partial charge is 0.497 e. The van der Waals surface area contributed by atoms with Crippen LogP contribution in [0.25, 0.3) is 22.2 Å². The molecule has 196 valence electrons. The molecule has 0 saturated heterocycles. The molecule has 0 atom stereocenters. The van der Waals surface area contributed by atoms with Crippen molar-refractivity contribution >= 4 is 61.4 Å². The van der Waals surface area contributed by atoms with Crippen LogP contribution in [-0.2, 0) is 10.0 Å². The summed E-state index contributed by atoms with van der Waals surface area (Å²) in [6.45, 7) is 0. The lowest BCUT2D eigenvalue weighted by Crippen LogP contribution is -2.16. The summed E-state index contributed by atoms with van der Waals surface area (Å²) in [4.78, 5) is 18.0. The minimum absolute atomic E-state index is 0.00520. The Morgan fingerprint density at radius 3 is 2.26 bits per heavy atom. The lowest BCUT2D eigenvalue weighted by Gasteiger charge is -2.13. The van der Waals surface area contributed by atoms with E-state index in [0.717, 1.165) is 5.56 Å². The Hall–Kier alpha value is -4.11. The summed E-state index contributed by atoms with van der Waals surface area (Å²) < 4.78 is 33.9. The summed E-state index contributed by atoms with van der Waals surface area (Å²) >= 11 is 12.1. The summed E-state index contributed by atoms with van der Waals surface area (Å²) in [5.41, 5.74) is 3.01. The third-order valence-corrected chi connectivity index (χ3v) is 8.04. The number of halogens is 2. The fraction of sp³-hybridized carbons (Fsp3) is 0.0345. The lowest BCUT2D eigenvalue weighted by atomic mass is 10.0. The smallest absolute Gasteiger partial charge is 0.263 e. The molecule has 0 saturated carbocycles. The van der Waals surface area contributed by atoms with Gasteiger partial charge in [0.25, 0.3) is 15.9 Å². The molecule has 0 aliphatic rings. The molecule has 1 heterocycles. The number of anilines is 2. The summed E-state index contributed by atoms with van der Waals surface area (Å²) in [6.07, 6.45) is 0. The van der Waals surface area contributed by atoms with Gasteiger partial charge in [-0.1, -0.05) is 41.4 Å². The van der Waals surface area contributed by atoms with Gasteiger partial charge in [0.1, 0.15) is 10.6 Å². The maximum atomic E-state index is 13.5. The highest BCUT2D eigenvalue weighted by Crippen LogP contribution is 2.30. The average molecular weight is 578 g/mol. The van der Waals surface area contributed by atoms with E-state index in [2.05, 4.69) is 10.0 Å². The van der Waals surface area contributed by atoms with Crippen LogP contribution in [0.4, 0.5) is 11.4 Å². The van der Waals surface area contributed by atoms with E-state index in [4.69, 9.17) is 32.9 Å². The van der Waals surface area contributed by atoms with Crippen LogP contribution in [0, 0.1) is 0 Å². The maximum Gasteiger partial charge on any atom is 0.263 e. The number of pyridine rings is 1. The van der Waals surface area contributed by atoms with Gasteiger partial charge in [0.15, 0.2) is 0 Å². The summed E-state index contributed by atoms with van der Waals surface area (Å²) in [5, 5.41) is 3.93. The molecule has 39 heavy (non-hydrogen) atoms. The van der Waals surface area contributed by atoms with Gasteiger partial charge in [-0.2, -0.15) is 0 Å². The van der Waals surface area contributed by atoms with Crippen molar-refractivity contribution < 1.29 is 17.9 Å². The number of nitrogens with one attached hydrogen (secondary N) is 2. The summed E-state index contributed by atoms with van der Waals surface area (Å²) in [7, 11) is -2.47. The molecule has 10 heteroatoms. The molecule has 1 aromatic heterocycles. The third kappa shape index (κ3) is 5.83. The molecule has 5 aromatic rings. The minimum atomic E-state index is -4.06. The van der Waals surface area contributed by atoms with Crippen molar-refractivity contribution in [1.29, 1.82) is 0 Å². The minimum Gasteiger partial charge on any atom is -0.497 e. The number of rotatable bonds is 7. The SMILES string of the molecule is COc1ccc(-c2cc(C(=O)Nc3ccc(Cl)c(S(=O)(=O)Nc4ccc(Cl)cc4)c3)c3ccccc3n2)cc1. The van der Waals surface area contributed by atoms with E-state index in [1.807, 2.05) is 48.5 Å². The van der Waals surface area contributed by atoms with Crippen LogP contribution in [0.15, 0.2) is 102 Å². The Morgan fingerprint density at radius 1 is 0.846 bits per heavy atom. The number of carbonyl (C=O) groups is 1. The van der Waals surface area contributed by atoms with E-state index in [-0.39, 0.29) is 15.6 Å². The van der Waals surface area contributed by atoms with Crippen molar-refractivity contribution in [1.82, 2.24) is 4.98 Å². The second kappa shape index (κ2) is 10.9. The lowest BCUT2D eigenvalue weighted by molar-refractivity contribution is 0.102. The van der Waals surface area contributed by atoms with Gasteiger partial charge in [-0.05, 0) is 78.9 Å². The molecule has 5 rings (SSSR count). The Labute approximate surface area is 235 Å². The number of carbonyl (C=O) groups excluding carboxylic acids is 1. The van der Waals surface area contributed by atoms with E-state index in [0.29, 0.717) is 38.6 Å². The zero-order valence-corrected chi connectivity index (χ0v) is 22.8. The number of amides is 1. The number of hydrogen-bond donors (Lipinski definition) is 2.